The molecule has 0 radical (unpaired) electrons. The molecule has 1 aliphatic heterocycles. The van der Waals surface area contributed by atoms with Gasteiger partial charge in [-0.15, -0.1) is 0 Å². The molecule has 2 atom stereocenters. The van der Waals surface area contributed by atoms with Gasteiger partial charge in [0.1, 0.15) is 5.82 Å². The van der Waals surface area contributed by atoms with Crippen LogP contribution >= 0.6 is 0 Å². The molecule has 1 fully saturated rings. The van der Waals surface area contributed by atoms with Crippen molar-refractivity contribution in [1.82, 2.24) is 0 Å². The Morgan fingerprint density at radius 2 is 1.50 bits per heavy atom. The predicted octanol–water partition coefficient (Wildman–Crippen LogP) is 9.27. The van der Waals surface area contributed by atoms with E-state index in [0.717, 1.165) is 25.0 Å². The molecular weight excluding hydrogens is 461 g/mol. The van der Waals surface area contributed by atoms with Gasteiger partial charge in [-0.2, -0.15) is 4.39 Å². The summed E-state index contributed by atoms with van der Waals surface area (Å²) in [5.74, 6) is -1.85. The summed E-state index contributed by atoms with van der Waals surface area (Å²) in [5.41, 5.74) is 2.64. The molecule has 0 spiro atoms. The van der Waals surface area contributed by atoms with Gasteiger partial charge in [0, 0.05) is 11.1 Å². The first-order valence-electron chi connectivity index (χ1n) is 13.1. The molecule has 36 heavy (non-hydrogen) atoms. The smallest absolute Gasteiger partial charge is 0.201 e. The summed E-state index contributed by atoms with van der Waals surface area (Å²) in [7, 11) is 1.29. The lowest BCUT2D eigenvalue weighted by molar-refractivity contribution is -0.0200. The Balaban J connectivity index is 1.38. The van der Waals surface area contributed by atoms with Crippen molar-refractivity contribution in [3.8, 4) is 28.0 Å². The summed E-state index contributed by atoms with van der Waals surface area (Å²) in [4.78, 5) is 0. The number of unbranched alkanes of at least 4 members (excludes halogenated alkanes) is 4. The van der Waals surface area contributed by atoms with Crippen molar-refractivity contribution in [2.24, 2.45) is 5.92 Å². The van der Waals surface area contributed by atoms with Crippen molar-refractivity contribution < 1.29 is 22.6 Å². The highest BCUT2D eigenvalue weighted by atomic mass is 19.2. The van der Waals surface area contributed by atoms with Crippen LogP contribution in [0.3, 0.4) is 0 Å². The van der Waals surface area contributed by atoms with Crippen molar-refractivity contribution in [2.45, 2.75) is 64.4 Å². The van der Waals surface area contributed by atoms with Gasteiger partial charge in [0.05, 0.1) is 19.8 Å². The number of halogens is 3. The lowest BCUT2D eigenvalue weighted by atomic mass is 9.90. The van der Waals surface area contributed by atoms with Gasteiger partial charge in [-0.1, -0.05) is 75.4 Å². The number of methoxy groups -OCH3 is 1. The average Bonchev–Trinajstić information content (AvgIpc) is 2.91. The third-order valence-corrected chi connectivity index (χ3v) is 7.22. The van der Waals surface area contributed by atoms with Gasteiger partial charge in [0.25, 0.3) is 0 Å². The van der Waals surface area contributed by atoms with Crippen molar-refractivity contribution in [1.29, 1.82) is 0 Å². The maximum Gasteiger partial charge on any atom is 0.201 e. The van der Waals surface area contributed by atoms with E-state index in [4.69, 9.17) is 9.47 Å². The maximum atomic E-state index is 15.1. The molecule has 1 saturated heterocycles. The van der Waals surface area contributed by atoms with E-state index >= 15 is 4.39 Å². The summed E-state index contributed by atoms with van der Waals surface area (Å²) in [6, 6.07) is 14.9. The van der Waals surface area contributed by atoms with Crippen LogP contribution in [0, 0.1) is 23.4 Å². The topological polar surface area (TPSA) is 18.5 Å². The van der Waals surface area contributed by atoms with Gasteiger partial charge in [-0.25, -0.2) is 8.78 Å². The second kappa shape index (κ2) is 12.4. The van der Waals surface area contributed by atoms with Crippen LogP contribution in [0.1, 0.15) is 70.0 Å². The molecule has 0 N–H and O–H groups in total. The third-order valence-electron chi connectivity index (χ3n) is 7.22. The summed E-state index contributed by atoms with van der Waals surface area (Å²) >= 11 is 0. The Kier molecular flexibility index (Phi) is 9.08. The first-order chi connectivity index (χ1) is 17.5. The van der Waals surface area contributed by atoms with Crippen LogP contribution in [0.5, 0.6) is 5.75 Å². The van der Waals surface area contributed by atoms with Crippen LogP contribution < -0.4 is 4.74 Å². The quantitative estimate of drug-likeness (QED) is 0.260. The summed E-state index contributed by atoms with van der Waals surface area (Å²) in [6.07, 6.45) is 9.64. The minimum absolute atomic E-state index is 0.0692. The molecule has 2 nitrogen and oxygen atoms in total. The van der Waals surface area contributed by atoms with Crippen LogP contribution in [0.2, 0.25) is 0 Å². The zero-order valence-electron chi connectivity index (χ0n) is 21.2. The van der Waals surface area contributed by atoms with Crippen molar-refractivity contribution >= 4 is 0 Å². The fourth-order valence-electron chi connectivity index (χ4n) is 5.04. The zero-order valence-corrected chi connectivity index (χ0v) is 21.2. The van der Waals surface area contributed by atoms with Crippen LogP contribution in [0.4, 0.5) is 13.2 Å². The van der Waals surface area contributed by atoms with Gasteiger partial charge < -0.3 is 9.47 Å². The number of benzene rings is 3. The molecule has 0 aromatic heterocycles. The molecular formula is C31H35F3O2. The molecule has 3 aromatic rings. The van der Waals surface area contributed by atoms with E-state index in [9.17, 15) is 8.78 Å². The molecule has 0 bridgehead atoms. The van der Waals surface area contributed by atoms with Gasteiger partial charge in [-0.05, 0) is 60.1 Å². The number of rotatable bonds is 10. The van der Waals surface area contributed by atoms with Gasteiger partial charge in [-0.3, -0.25) is 0 Å². The molecule has 0 saturated carbocycles. The van der Waals surface area contributed by atoms with Crippen LogP contribution in [-0.4, -0.2) is 13.7 Å². The first-order valence-corrected chi connectivity index (χ1v) is 13.1. The third kappa shape index (κ3) is 6.12. The number of ether oxygens (including phenoxy) is 2. The molecule has 5 heteroatoms. The van der Waals surface area contributed by atoms with Gasteiger partial charge >= 0.3 is 0 Å². The van der Waals surface area contributed by atoms with E-state index in [1.807, 2.05) is 6.07 Å². The fourth-order valence-corrected chi connectivity index (χ4v) is 5.04. The highest BCUT2D eigenvalue weighted by molar-refractivity contribution is 5.71. The van der Waals surface area contributed by atoms with E-state index in [-0.39, 0.29) is 23.2 Å². The summed E-state index contributed by atoms with van der Waals surface area (Å²) < 4.78 is 54.6. The highest BCUT2D eigenvalue weighted by Crippen LogP contribution is 2.36. The number of hydrogen-bond acceptors (Lipinski definition) is 2. The first kappa shape index (κ1) is 26.3. The Morgan fingerprint density at radius 1 is 0.806 bits per heavy atom. The average molecular weight is 497 g/mol. The SMILES string of the molecule is CCCCCCCC1CCC(c2ccc(-c3ccc(-c4ccc(OC)c(F)c4F)cc3)c(F)c2)OC1. The second-order valence-electron chi connectivity index (χ2n) is 9.73. The summed E-state index contributed by atoms with van der Waals surface area (Å²) in [6.45, 7) is 2.97. The van der Waals surface area contributed by atoms with Gasteiger partial charge in [0.2, 0.25) is 5.82 Å². The second-order valence-corrected chi connectivity index (χ2v) is 9.73. The lowest BCUT2D eigenvalue weighted by Crippen LogP contribution is -2.20. The van der Waals surface area contributed by atoms with E-state index in [0.29, 0.717) is 22.6 Å². The van der Waals surface area contributed by atoms with Gasteiger partial charge in [0.15, 0.2) is 11.6 Å². The predicted molar refractivity (Wildman–Crippen MR) is 139 cm³/mol. The van der Waals surface area contributed by atoms with Crippen molar-refractivity contribution in [3.05, 3.63) is 77.6 Å². The van der Waals surface area contributed by atoms with E-state index in [1.165, 1.54) is 57.8 Å². The largest absolute Gasteiger partial charge is 0.494 e. The lowest BCUT2D eigenvalue weighted by Gasteiger charge is -2.29. The Morgan fingerprint density at radius 3 is 2.14 bits per heavy atom. The minimum Gasteiger partial charge on any atom is -0.494 e. The normalized spacial score (nSPS) is 17.8. The van der Waals surface area contributed by atoms with Crippen molar-refractivity contribution in [2.75, 3.05) is 13.7 Å². The number of hydrogen-bond donors (Lipinski definition) is 0. The standard InChI is InChI=1S/C31H35F3O2/c1-3-4-5-6-7-8-21-9-17-28(36-20-21)24-14-15-25(27(32)19-24)22-10-12-23(13-11-22)26-16-18-29(35-2)31(34)30(26)33/h10-16,18-19,21,28H,3-9,17,20H2,1-2H3. The molecule has 4 rings (SSSR count). The highest BCUT2D eigenvalue weighted by Gasteiger charge is 2.23. The fraction of sp³-hybridized carbons (Fsp3) is 0.419. The minimum atomic E-state index is -1.02. The van der Waals surface area contributed by atoms with E-state index < -0.39 is 11.6 Å². The maximum absolute atomic E-state index is 15.1. The van der Waals surface area contributed by atoms with E-state index in [2.05, 4.69) is 6.92 Å². The molecule has 1 aliphatic rings. The summed E-state index contributed by atoms with van der Waals surface area (Å²) in [5, 5.41) is 0. The molecule has 0 aliphatic carbocycles. The Labute approximate surface area is 212 Å². The zero-order chi connectivity index (χ0) is 25.5. The van der Waals surface area contributed by atoms with Crippen LogP contribution in [0.15, 0.2) is 54.6 Å². The molecule has 2 unspecified atom stereocenters. The van der Waals surface area contributed by atoms with Crippen LogP contribution in [-0.2, 0) is 4.74 Å². The Hall–Kier alpha value is -2.79. The molecule has 1 heterocycles. The monoisotopic (exact) mass is 496 g/mol. The van der Waals surface area contributed by atoms with Crippen LogP contribution in [0.25, 0.3) is 22.3 Å². The van der Waals surface area contributed by atoms with E-state index in [1.54, 1.807) is 36.4 Å². The molecule has 0 amide bonds. The Bertz CT molecular complexity index is 1140. The van der Waals surface area contributed by atoms with Crippen molar-refractivity contribution in [3.63, 3.8) is 0 Å². The molecule has 3 aromatic carbocycles. The molecule has 192 valence electrons.